The molecule has 0 saturated carbocycles. The van der Waals surface area contributed by atoms with Crippen LogP contribution in [0.2, 0.25) is 0 Å². The van der Waals surface area contributed by atoms with Gasteiger partial charge in [0.15, 0.2) is 0 Å². The van der Waals surface area contributed by atoms with E-state index >= 15 is 0 Å². The lowest BCUT2D eigenvalue weighted by Gasteiger charge is -2.30. The zero-order valence-corrected chi connectivity index (χ0v) is 16.7. The first-order valence-electron chi connectivity index (χ1n) is 9.34. The highest BCUT2D eigenvalue weighted by atomic mass is 32.2. The maximum atomic E-state index is 13.1. The molecule has 2 heterocycles. The molecule has 1 atom stereocenters. The number of halogens is 1. The van der Waals surface area contributed by atoms with Crippen LogP contribution >= 0.6 is 0 Å². The normalized spacial score (nSPS) is 17.7. The van der Waals surface area contributed by atoms with Gasteiger partial charge in [-0.2, -0.15) is 9.29 Å². The molecule has 2 N–H and O–H groups in total. The number of piperidine rings is 1. The minimum absolute atomic E-state index is 0.0886. The third-order valence-electron chi connectivity index (χ3n) is 5.05. The van der Waals surface area contributed by atoms with Crippen molar-refractivity contribution in [3.63, 3.8) is 0 Å². The van der Waals surface area contributed by atoms with E-state index in [-0.39, 0.29) is 28.7 Å². The molecule has 8 nitrogen and oxygen atoms in total. The minimum Gasteiger partial charge on any atom is -0.366 e. The zero-order valence-electron chi connectivity index (χ0n) is 15.9. The summed E-state index contributed by atoms with van der Waals surface area (Å²) in [5.41, 5.74) is 6.06. The van der Waals surface area contributed by atoms with Crippen molar-refractivity contribution < 1.29 is 22.1 Å². The number of aromatic nitrogens is 2. The van der Waals surface area contributed by atoms with Gasteiger partial charge in [-0.05, 0) is 61.4 Å². The molecule has 30 heavy (non-hydrogen) atoms. The Morgan fingerprint density at radius 1 is 1.13 bits per heavy atom. The number of nitrogens with zero attached hydrogens (tertiary/aromatic N) is 3. The summed E-state index contributed by atoms with van der Waals surface area (Å²) in [4.78, 5) is 15.7. The van der Waals surface area contributed by atoms with Crippen molar-refractivity contribution in [2.75, 3.05) is 13.1 Å². The Hall–Kier alpha value is -3.11. The Morgan fingerprint density at radius 2 is 1.83 bits per heavy atom. The van der Waals surface area contributed by atoms with Gasteiger partial charge in [-0.3, -0.25) is 4.79 Å². The van der Waals surface area contributed by atoms with Crippen molar-refractivity contribution in [3.05, 3.63) is 65.8 Å². The number of carbonyl (C=O) groups is 1. The third-order valence-corrected chi connectivity index (χ3v) is 6.93. The van der Waals surface area contributed by atoms with E-state index in [2.05, 4.69) is 10.1 Å². The lowest BCUT2D eigenvalue weighted by atomic mass is 10.00. The summed E-state index contributed by atoms with van der Waals surface area (Å²) < 4.78 is 45.9. The van der Waals surface area contributed by atoms with Gasteiger partial charge in [0.2, 0.25) is 27.6 Å². The summed E-state index contributed by atoms with van der Waals surface area (Å²) >= 11 is 0. The maximum absolute atomic E-state index is 13.1. The quantitative estimate of drug-likeness (QED) is 0.664. The van der Waals surface area contributed by atoms with E-state index in [0.717, 1.165) is 0 Å². The highest BCUT2D eigenvalue weighted by molar-refractivity contribution is 7.89. The van der Waals surface area contributed by atoms with E-state index in [4.69, 9.17) is 10.3 Å². The average Bonchev–Trinajstić information content (AvgIpc) is 3.25. The summed E-state index contributed by atoms with van der Waals surface area (Å²) in [6.07, 6.45) is 1.34. The number of nitrogens with two attached hydrogens (primary N) is 1. The molecule has 1 fully saturated rings. The lowest BCUT2D eigenvalue weighted by Crippen LogP contribution is -2.39. The molecule has 0 aliphatic carbocycles. The summed E-state index contributed by atoms with van der Waals surface area (Å²) in [6, 6.07) is 11.3. The van der Waals surface area contributed by atoms with Crippen molar-refractivity contribution in [1.82, 2.24) is 14.4 Å². The molecule has 1 aromatic heterocycles. The molecule has 4 rings (SSSR count). The molecule has 1 aliphatic rings. The van der Waals surface area contributed by atoms with Crippen LogP contribution in [0.25, 0.3) is 11.4 Å². The van der Waals surface area contributed by atoms with Gasteiger partial charge >= 0.3 is 0 Å². The molecule has 1 amide bonds. The summed E-state index contributed by atoms with van der Waals surface area (Å²) in [7, 11) is -3.75. The molecular weight excluding hydrogens is 411 g/mol. The standard InChI is InChI=1S/C20H19FN4O4S/c21-16-7-3-14(4-8-16)19-23-20(29-24-19)15-2-1-11-25(12-15)30(27,28)17-9-5-13(6-10-17)18(22)26/h3-10,15H,1-2,11-12H2,(H2,22,26). The van der Waals surface area contributed by atoms with Gasteiger partial charge in [0.25, 0.3) is 0 Å². The number of sulfonamides is 1. The molecule has 156 valence electrons. The number of amides is 1. The van der Waals surface area contributed by atoms with Crippen LogP contribution in [-0.4, -0.2) is 41.9 Å². The Labute approximate surface area is 172 Å². The largest absolute Gasteiger partial charge is 0.366 e. The predicted molar refractivity (Wildman–Crippen MR) is 105 cm³/mol. The number of carbonyl (C=O) groups excluding carboxylic acids is 1. The number of benzene rings is 2. The van der Waals surface area contributed by atoms with E-state index in [1.165, 1.54) is 40.7 Å². The molecule has 0 bridgehead atoms. The molecule has 0 radical (unpaired) electrons. The van der Waals surface area contributed by atoms with Crippen LogP contribution in [0.3, 0.4) is 0 Å². The second-order valence-corrected chi connectivity index (χ2v) is 8.99. The van der Waals surface area contributed by atoms with Gasteiger partial charge in [-0.1, -0.05) is 5.16 Å². The molecular formula is C20H19FN4O4S. The number of primary amides is 1. The Kier molecular flexibility index (Phi) is 5.35. The SMILES string of the molecule is NC(=O)c1ccc(S(=O)(=O)N2CCCC(c3nc(-c4ccc(F)cc4)no3)C2)cc1. The Bertz CT molecular complexity index is 1160. The van der Waals surface area contributed by atoms with Crippen molar-refractivity contribution in [3.8, 4) is 11.4 Å². The topological polar surface area (TPSA) is 119 Å². The maximum Gasteiger partial charge on any atom is 0.248 e. The molecule has 2 aromatic carbocycles. The minimum atomic E-state index is -3.75. The van der Waals surface area contributed by atoms with Crippen LogP contribution in [0.4, 0.5) is 4.39 Å². The molecule has 1 saturated heterocycles. The van der Waals surface area contributed by atoms with Crippen molar-refractivity contribution in [2.45, 2.75) is 23.7 Å². The van der Waals surface area contributed by atoms with Crippen LogP contribution in [0.5, 0.6) is 0 Å². The second kappa shape index (κ2) is 7.96. The first-order valence-corrected chi connectivity index (χ1v) is 10.8. The predicted octanol–water partition coefficient (Wildman–Crippen LogP) is 2.54. The van der Waals surface area contributed by atoms with E-state index in [1.807, 2.05) is 0 Å². The second-order valence-electron chi connectivity index (χ2n) is 7.05. The lowest BCUT2D eigenvalue weighted by molar-refractivity contribution is 0.1000. The van der Waals surface area contributed by atoms with E-state index in [9.17, 15) is 17.6 Å². The van der Waals surface area contributed by atoms with Crippen LogP contribution in [0, 0.1) is 5.82 Å². The molecule has 0 spiro atoms. The van der Waals surface area contributed by atoms with E-state index < -0.39 is 15.9 Å². The summed E-state index contributed by atoms with van der Waals surface area (Å²) in [5.74, 6) is -0.560. The highest BCUT2D eigenvalue weighted by Gasteiger charge is 2.33. The van der Waals surface area contributed by atoms with Crippen molar-refractivity contribution >= 4 is 15.9 Å². The highest BCUT2D eigenvalue weighted by Crippen LogP contribution is 2.30. The van der Waals surface area contributed by atoms with Crippen LogP contribution in [0.15, 0.2) is 57.9 Å². The summed E-state index contributed by atoms with van der Waals surface area (Å²) in [6.45, 7) is 0.570. The molecule has 10 heteroatoms. The molecule has 1 aliphatic heterocycles. The zero-order chi connectivity index (χ0) is 21.3. The number of hydrogen-bond acceptors (Lipinski definition) is 6. The monoisotopic (exact) mass is 430 g/mol. The number of hydrogen-bond donors (Lipinski definition) is 1. The fourth-order valence-electron chi connectivity index (χ4n) is 3.42. The fraction of sp³-hybridized carbons (Fsp3) is 0.250. The Balaban J connectivity index is 1.53. The average molecular weight is 430 g/mol. The molecule has 3 aromatic rings. The van der Waals surface area contributed by atoms with Crippen molar-refractivity contribution in [1.29, 1.82) is 0 Å². The van der Waals surface area contributed by atoms with Gasteiger partial charge in [-0.15, -0.1) is 0 Å². The van der Waals surface area contributed by atoms with Gasteiger partial charge in [0.1, 0.15) is 5.82 Å². The van der Waals surface area contributed by atoms with Gasteiger partial charge in [-0.25, -0.2) is 12.8 Å². The van der Waals surface area contributed by atoms with Gasteiger partial charge in [0, 0.05) is 24.2 Å². The van der Waals surface area contributed by atoms with E-state index in [0.29, 0.717) is 36.7 Å². The summed E-state index contributed by atoms with van der Waals surface area (Å²) in [5, 5.41) is 3.94. The van der Waals surface area contributed by atoms with Crippen LogP contribution < -0.4 is 5.73 Å². The van der Waals surface area contributed by atoms with Gasteiger partial charge in [0.05, 0.1) is 10.8 Å². The third kappa shape index (κ3) is 3.96. The van der Waals surface area contributed by atoms with Gasteiger partial charge < -0.3 is 10.3 Å². The van der Waals surface area contributed by atoms with E-state index in [1.54, 1.807) is 12.1 Å². The first-order chi connectivity index (χ1) is 14.3. The molecule has 1 unspecified atom stereocenters. The van der Waals surface area contributed by atoms with Crippen LogP contribution in [-0.2, 0) is 10.0 Å². The fourth-order valence-corrected chi connectivity index (χ4v) is 4.94. The van der Waals surface area contributed by atoms with Crippen LogP contribution in [0.1, 0.15) is 35.0 Å². The number of rotatable bonds is 5. The Morgan fingerprint density at radius 3 is 2.50 bits per heavy atom. The van der Waals surface area contributed by atoms with Crippen molar-refractivity contribution in [2.24, 2.45) is 5.73 Å². The smallest absolute Gasteiger partial charge is 0.248 e. The first kappa shape index (κ1) is 20.2.